The molecular formula is C15H20ClF3N2O2. The van der Waals surface area contributed by atoms with E-state index in [1.165, 1.54) is 18.2 Å². The van der Waals surface area contributed by atoms with Crippen molar-refractivity contribution in [1.82, 2.24) is 10.6 Å². The number of amides is 1. The lowest BCUT2D eigenvalue weighted by molar-refractivity contribution is -0.00376. The molecule has 0 aliphatic carbocycles. The topological polar surface area (TPSA) is 50.4 Å². The van der Waals surface area contributed by atoms with Gasteiger partial charge >= 0.3 is 6.09 Å². The molecule has 0 aliphatic heterocycles. The van der Waals surface area contributed by atoms with Crippen molar-refractivity contribution in [3.63, 3.8) is 0 Å². The normalized spacial score (nSPS) is 12.1. The van der Waals surface area contributed by atoms with E-state index in [2.05, 4.69) is 5.32 Å². The lowest BCUT2D eigenvalue weighted by Crippen LogP contribution is -2.44. The summed E-state index contributed by atoms with van der Waals surface area (Å²) >= 11 is 5.54. The Bertz CT molecular complexity index is 548. The summed E-state index contributed by atoms with van der Waals surface area (Å²) in [4.78, 5) is 11.3. The Morgan fingerprint density at radius 2 is 1.91 bits per heavy atom. The minimum atomic E-state index is -3.16. The van der Waals surface area contributed by atoms with Crippen molar-refractivity contribution < 1.29 is 22.7 Å². The second-order valence-corrected chi connectivity index (χ2v) is 6.47. The molecule has 1 amide bonds. The molecule has 1 aromatic rings. The summed E-state index contributed by atoms with van der Waals surface area (Å²) in [6.45, 7) is 3.43. The minimum Gasteiger partial charge on any atom is -0.444 e. The molecule has 2 N–H and O–H groups in total. The third-order valence-corrected chi connectivity index (χ3v) is 2.89. The van der Waals surface area contributed by atoms with Gasteiger partial charge in [0.1, 0.15) is 11.4 Å². The molecule has 0 bridgehead atoms. The number of carbonyl (C=O) groups excluding carboxylic acids is 1. The zero-order valence-corrected chi connectivity index (χ0v) is 13.9. The summed E-state index contributed by atoms with van der Waals surface area (Å²) < 4.78 is 45.4. The molecule has 0 fully saturated rings. The molecule has 0 radical (unpaired) electrons. The average Bonchev–Trinajstić information content (AvgIpc) is 2.39. The highest BCUT2D eigenvalue weighted by Crippen LogP contribution is 2.16. The zero-order chi connectivity index (χ0) is 17.7. The lowest BCUT2D eigenvalue weighted by atomic mass is 10.2. The van der Waals surface area contributed by atoms with Crippen LogP contribution in [0.5, 0.6) is 0 Å². The summed E-state index contributed by atoms with van der Waals surface area (Å²) in [5.41, 5.74) is -0.265. The molecule has 0 heterocycles. The van der Waals surface area contributed by atoms with Crippen molar-refractivity contribution in [3.8, 4) is 0 Å². The van der Waals surface area contributed by atoms with Crippen LogP contribution in [0.2, 0.25) is 5.02 Å². The smallest absolute Gasteiger partial charge is 0.407 e. The van der Waals surface area contributed by atoms with Crippen LogP contribution in [0.1, 0.15) is 26.3 Å². The fraction of sp³-hybridized carbons (Fsp3) is 0.533. The number of hydrogen-bond donors (Lipinski definition) is 2. The van der Waals surface area contributed by atoms with E-state index in [0.717, 1.165) is 0 Å². The molecule has 0 saturated heterocycles. The molecule has 130 valence electrons. The van der Waals surface area contributed by atoms with Gasteiger partial charge in [-0.1, -0.05) is 17.7 Å². The summed E-state index contributed by atoms with van der Waals surface area (Å²) in [5.74, 6) is -3.77. The third-order valence-electron chi connectivity index (χ3n) is 2.59. The fourth-order valence-corrected chi connectivity index (χ4v) is 1.74. The van der Waals surface area contributed by atoms with Gasteiger partial charge in [-0.2, -0.15) is 0 Å². The van der Waals surface area contributed by atoms with Crippen molar-refractivity contribution in [2.24, 2.45) is 0 Å². The Balaban J connectivity index is 2.37. The van der Waals surface area contributed by atoms with Crippen LogP contribution in [0.25, 0.3) is 0 Å². The second kappa shape index (κ2) is 7.88. The van der Waals surface area contributed by atoms with Gasteiger partial charge in [-0.05, 0) is 38.5 Å². The number of alkyl halides is 2. The Morgan fingerprint density at radius 3 is 2.48 bits per heavy atom. The number of halogens is 4. The highest BCUT2D eigenvalue weighted by atomic mass is 35.5. The average molecular weight is 353 g/mol. The Morgan fingerprint density at radius 1 is 1.26 bits per heavy atom. The van der Waals surface area contributed by atoms with Gasteiger partial charge in [-0.3, -0.25) is 0 Å². The standard InChI is InChI=1S/C15H20ClF3N2O2/c1-14(2,3)23-13(22)21-9-15(18,19)8-20-7-10-4-5-11(16)12(17)6-10/h4-6,20H,7-9H2,1-3H3,(H,21,22). The summed E-state index contributed by atoms with van der Waals surface area (Å²) in [5, 5.41) is 4.50. The predicted octanol–water partition coefficient (Wildman–Crippen LogP) is 3.73. The molecule has 23 heavy (non-hydrogen) atoms. The van der Waals surface area contributed by atoms with Gasteiger partial charge in [-0.25, -0.2) is 18.0 Å². The van der Waals surface area contributed by atoms with Crippen molar-refractivity contribution in [2.75, 3.05) is 13.1 Å². The van der Waals surface area contributed by atoms with Crippen LogP contribution < -0.4 is 10.6 Å². The number of alkyl carbamates (subject to hydrolysis) is 1. The lowest BCUT2D eigenvalue weighted by Gasteiger charge is -2.22. The number of rotatable bonds is 6. The van der Waals surface area contributed by atoms with Crippen molar-refractivity contribution in [2.45, 2.75) is 38.8 Å². The first kappa shape index (κ1) is 19.6. The molecular weight excluding hydrogens is 333 g/mol. The second-order valence-electron chi connectivity index (χ2n) is 6.06. The van der Waals surface area contributed by atoms with E-state index < -0.39 is 36.5 Å². The van der Waals surface area contributed by atoms with Crippen molar-refractivity contribution in [3.05, 3.63) is 34.6 Å². The van der Waals surface area contributed by atoms with Gasteiger partial charge in [0.15, 0.2) is 0 Å². The number of nitrogens with one attached hydrogen (secondary N) is 2. The largest absolute Gasteiger partial charge is 0.444 e. The molecule has 0 aliphatic rings. The van der Waals surface area contributed by atoms with Crippen LogP contribution in [0, 0.1) is 5.82 Å². The van der Waals surface area contributed by atoms with Crippen LogP contribution in [-0.4, -0.2) is 30.7 Å². The molecule has 0 unspecified atom stereocenters. The fourth-order valence-electron chi connectivity index (χ4n) is 1.62. The minimum absolute atomic E-state index is 0.0272. The van der Waals surface area contributed by atoms with E-state index in [9.17, 15) is 18.0 Å². The van der Waals surface area contributed by atoms with E-state index in [0.29, 0.717) is 5.56 Å². The molecule has 0 spiro atoms. The SMILES string of the molecule is CC(C)(C)OC(=O)NCC(F)(F)CNCc1ccc(Cl)c(F)c1. The van der Waals surface area contributed by atoms with Gasteiger partial charge in [0.2, 0.25) is 0 Å². The quantitative estimate of drug-likeness (QED) is 0.820. The van der Waals surface area contributed by atoms with Crippen LogP contribution in [0.3, 0.4) is 0 Å². The third kappa shape index (κ3) is 8.08. The van der Waals surface area contributed by atoms with E-state index in [1.54, 1.807) is 20.8 Å². The molecule has 0 atom stereocenters. The van der Waals surface area contributed by atoms with Gasteiger partial charge < -0.3 is 15.4 Å². The van der Waals surface area contributed by atoms with Gasteiger partial charge in [0, 0.05) is 6.54 Å². The van der Waals surface area contributed by atoms with Crippen LogP contribution in [-0.2, 0) is 11.3 Å². The maximum Gasteiger partial charge on any atom is 0.407 e. The molecule has 0 saturated carbocycles. The monoisotopic (exact) mass is 352 g/mol. The summed E-state index contributed by atoms with van der Waals surface area (Å²) in [6.07, 6.45) is -0.906. The Labute approximate surface area is 138 Å². The Hall–Kier alpha value is -1.47. The van der Waals surface area contributed by atoms with E-state index in [1.807, 2.05) is 5.32 Å². The number of ether oxygens (including phenoxy) is 1. The molecule has 1 aromatic carbocycles. The predicted molar refractivity (Wildman–Crippen MR) is 82.3 cm³/mol. The maximum absolute atomic E-state index is 13.6. The maximum atomic E-state index is 13.6. The Kier molecular flexibility index (Phi) is 6.70. The van der Waals surface area contributed by atoms with E-state index in [-0.39, 0.29) is 11.6 Å². The van der Waals surface area contributed by atoms with Gasteiger partial charge in [0.25, 0.3) is 5.92 Å². The first-order chi connectivity index (χ1) is 10.5. The van der Waals surface area contributed by atoms with E-state index >= 15 is 0 Å². The highest BCUT2D eigenvalue weighted by Gasteiger charge is 2.30. The molecule has 4 nitrogen and oxygen atoms in total. The summed E-state index contributed by atoms with van der Waals surface area (Å²) in [6, 6.07) is 4.07. The van der Waals surface area contributed by atoms with E-state index in [4.69, 9.17) is 16.3 Å². The number of hydrogen-bond acceptors (Lipinski definition) is 3. The van der Waals surface area contributed by atoms with Crippen LogP contribution in [0.4, 0.5) is 18.0 Å². The van der Waals surface area contributed by atoms with Gasteiger partial charge in [0.05, 0.1) is 18.1 Å². The number of benzene rings is 1. The molecule has 0 aromatic heterocycles. The zero-order valence-electron chi connectivity index (χ0n) is 13.2. The van der Waals surface area contributed by atoms with Gasteiger partial charge in [-0.15, -0.1) is 0 Å². The first-order valence-corrected chi connectivity index (χ1v) is 7.36. The van der Waals surface area contributed by atoms with Crippen LogP contribution in [0.15, 0.2) is 18.2 Å². The number of carbonyl (C=O) groups is 1. The highest BCUT2D eigenvalue weighted by molar-refractivity contribution is 6.30. The van der Waals surface area contributed by atoms with Crippen molar-refractivity contribution in [1.29, 1.82) is 0 Å². The molecule has 8 heteroatoms. The molecule has 1 rings (SSSR count). The van der Waals surface area contributed by atoms with Crippen molar-refractivity contribution >= 4 is 17.7 Å². The van der Waals surface area contributed by atoms with Crippen LogP contribution >= 0.6 is 11.6 Å². The first-order valence-electron chi connectivity index (χ1n) is 6.98. The summed E-state index contributed by atoms with van der Waals surface area (Å²) in [7, 11) is 0.